The maximum absolute atomic E-state index is 13.6. The van der Waals surface area contributed by atoms with Crippen LogP contribution in [0.3, 0.4) is 0 Å². The fraction of sp³-hybridized carbons (Fsp3) is 0.160. The summed E-state index contributed by atoms with van der Waals surface area (Å²) in [5, 5.41) is 0. The highest BCUT2D eigenvalue weighted by Crippen LogP contribution is 2.33. The number of fused-ring (bicyclic) bond motifs is 3. The largest absolute Gasteiger partial charge is 0.501 e. The van der Waals surface area contributed by atoms with Gasteiger partial charge in [0.25, 0.3) is 6.10 Å². The van der Waals surface area contributed by atoms with Gasteiger partial charge in [0.15, 0.2) is 5.71 Å². The number of nitrogens with zero attached hydrogens (tertiary/aromatic N) is 2. The molecular formula is C25H21N2O4+. The summed E-state index contributed by atoms with van der Waals surface area (Å²) in [6, 6.07) is 24.1. The molecule has 0 spiro atoms. The van der Waals surface area contributed by atoms with Crippen molar-refractivity contribution in [3.63, 3.8) is 0 Å². The smallest absolute Gasteiger partial charge is 0.497 e. The molecule has 6 nitrogen and oxygen atoms in total. The molecule has 0 bridgehead atoms. The van der Waals surface area contributed by atoms with E-state index in [1.54, 1.807) is 11.7 Å². The third-order valence-electron chi connectivity index (χ3n) is 5.56. The minimum atomic E-state index is -0.843. The zero-order valence-electron chi connectivity index (χ0n) is 17.0. The molecule has 154 valence electrons. The monoisotopic (exact) mass is 413 g/mol. The summed E-state index contributed by atoms with van der Waals surface area (Å²) in [6.45, 7) is 0.495. The molecule has 0 aliphatic carbocycles. The summed E-state index contributed by atoms with van der Waals surface area (Å²) in [5.74, 6) is 0.978. The van der Waals surface area contributed by atoms with E-state index in [1.807, 2.05) is 78.9 Å². The number of carbonyl (C=O) groups excluding carboxylic acids is 2. The molecule has 0 radical (unpaired) electrons. The minimum Gasteiger partial charge on any atom is -0.497 e. The summed E-state index contributed by atoms with van der Waals surface area (Å²) in [5.41, 5.74) is 3.15. The summed E-state index contributed by atoms with van der Waals surface area (Å²) in [7, 11) is 1.61. The van der Waals surface area contributed by atoms with Gasteiger partial charge in [-0.2, -0.15) is 14.3 Å². The van der Waals surface area contributed by atoms with E-state index in [-0.39, 0.29) is 18.5 Å². The lowest BCUT2D eigenvalue weighted by atomic mass is 10.0. The van der Waals surface area contributed by atoms with E-state index in [4.69, 9.17) is 9.47 Å². The Hall–Kier alpha value is -3.93. The van der Waals surface area contributed by atoms with Crippen molar-refractivity contribution in [3.05, 3.63) is 95.6 Å². The van der Waals surface area contributed by atoms with Gasteiger partial charge in [-0.1, -0.05) is 54.6 Å². The number of imide groups is 1. The zero-order valence-corrected chi connectivity index (χ0v) is 17.0. The quantitative estimate of drug-likeness (QED) is 0.600. The molecule has 0 aromatic heterocycles. The van der Waals surface area contributed by atoms with Crippen LogP contribution in [0.25, 0.3) is 0 Å². The van der Waals surface area contributed by atoms with E-state index in [0.29, 0.717) is 23.8 Å². The average molecular weight is 413 g/mol. The van der Waals surface area contributed by atoms with Gasteiger partial charge in [-0.15, -0.1) is 0 Å². The second kappa shape index (κ2) is 7.72. The van der Waals surface area contributed by atoms with Crippen molar-refractivity contribution in [2.75, 3.05) is 7.11 Å². The molecule has 1 unspecified atom stereocenters. The number of ether oxygens (including phenoxy) is 2. The second-order valence-corrected chi connectivity index (χ2v) is 7.51. The first kappa shape index (κ1) is 19.1. The molecule has 6 heteroatoms. The van der Waals surface area contributed by atoms with Crippen molar-refractivity contribution in [3.8, 4) is 11.5 Å². The number of benzene rings is 3. The predicted octanol–water partition coefficient (Wildman–Crippen LogP) is 3.62. The van der Waals surface area contributed by atoms with E-state index in [0.717, 1.165) is 16.7 Å². The number of urea groups is 1. The molecule has 0 fully saturated rings. The first-order valence-electron chi connectivity index (χ1n) is 10.1. The van der Waals surface area contributed by atoms with Crippen molar-refractivity contribution in [2.45, 2.75) is 19.2 Å². The molecule has 3 aromatic rings. The third kappa shape index (κ3) is 3.36. The van der Waals surface area contributed by atoms with Crippen molar-refractivity contribution in [1.29, 1.82) is 0 Å². The van der Waals surface area contributed by atoms with E-state index in [1.165, 1.54) is 4.90 Å². The van der Waals surface area contributed by atoms with Gasteiger partial charge in [0, 0.05) is 0 Å². The SMILES string of the molecule is COc1cccc(C[N+]2=C3c4ccccc4OC3C(=O)N(Cc3ccccc3)C2=O)c1. The van der Waals surface area contributed by atoms with Crippen LogP contribution in [0.5, 0.6) is 11.5 Å². The Bertz CT molecular complexity index is 1200. The van der Waals surface area contributed by atoms with Gasteiger partial charge in [0.1, 0.15) is 24.6 Å². The van der Waals surface area contributed by atoms with Crippen molar-refractivity contribution < 1.29 is 23.6 Å². The Morgan fingerprint density at radius 3 is 2.48 bits per heavy atom. The van der Waals surface area contributed by atoms with Crippen LogP contribution in [0.2, 0.25) is 0 Å². The van der Waals surface area contributed by atoms with Crippen LogP contribution in [0.4, 0.5) is 4.79 Å². The second-order valence-electron chi connectivity index (χ2n) is 7.51. The van der Waals surface area contributed by atoms with Gasteiger partial charge in [-0.05, 0) is 35.4 Å². The highest BCUT2D eigenvalue weighted by molar-refractivity contribution is 6.21. The van der Waals surface area contributed by atoms with Gasteiger partial charge in [-0.3, -0.25) is 0 Å². The molecular weight excluding hydrogens is 392 g/mol. The number of hydrogen-bond acceptors (Lipinski definition) is 4. The van der Waals surface area contributed by atoms with Crippen LogP contribution in [-0.2, 0) is 17.9 Å². The molecule has 5 rings (SSSR count). The Morgan fingerprint density at radius 2 is 1.68 bits per heavy atom. The van der Waals surface area contributed by atoms with E-state index in [2.05, 4.69) is 0 Å². The lowest BCUT2D eigenvalue weighted by Crippen LogP contribution is -2.57. The fourth-order valence-corrected chi connectivity index (χ4v) is 4.06. The number of methoxy groups -OCH3 is 1. The fourth-order valence-electron chi connectivity index (χ4n) is 4.06. The van der Waals surface area contributed by atoms with E-state index in [9.17, 15) is 9.59 Å². The van der Waals surface area contributed by atoms with E-state index >= 15 is 0 Å². The Labute approximate surface area is 180 Å². The maximum atomic E-state index is 13.6. The molecule has 3 amide bonds. The number of amides is 3. The first-order chi connectivity index (χ1) is 15.2. The van der Waals surface area contributed by atoms with E-state index < -0.39 is 6.10 Å². The van der Waals surface area contributed by atoms with Crippen molar-refractivity contribution >= 4 is 17.6 Å². The third-order valence-corrected chi connectivity index (χ3v) is 5.56. The first-order valence-corrected chi connectivity index (χ1v) is 10.1. The highest BCUT2D eigenvalue weighted by atomic mass is 16.5. The van der Waals surface area contributed by atoms with Crippen LogP contribution < -0.4 is 9.47 Å². The van der Waals surface area contributed by atoms with Crippen LogP contribution in [0, 0.1) is 0 Å². The van der Waals surface area contributed by atoms with Crippen LogP contribution in [0.15, 0.2) is 78.9 Å². The highest BCUT2D eigenvalue weighted by Gasteiger charge is 2.53. The summed E-state index contributed by atoms with van der Waals surface area (Å²) in [6.07, 6.45) is -0.843. The average Bonchev–Trinajstić information content (AvgIpc) is 3.20. The van der Waals surface area contributed by atoms with Crippen LogP contribution in [-0.4, -0.2) is 40.3 Å². The molecule has 2 aliphatic heterocycles. The summed E-state index contributed by atoms with van der Waals surface area (Å²) >= 11 is 0. The molecule has 0 saturated carbocycles. The molecule has 2 heterocycles. The van der Waals surface area contributed by atoms with Gasteiger partial charge >= 0.3 is 11.9 Å². The predicted molar refractivity (Wildman–Crippen MR) is 114 cm³/mol. The zero-order chi connectivity index (χ0) is 21.4. The van der Waals surface area contributed by atoms with Crippen LogP contribution in [0.1, 0.15) is 16.7 Å². The maximum Gasteiger partial charge on any atom is 0.501 e. The molecule has 31 heavy (non-hydrogen) atoms. The summed E-state index contributed by atoms with van der Waals surface area (Å²) in [4.78, 5) is 28.1. The van der Waals surface area contributed by atoms with Crippen LogP contribution >= 0.6 is 0 Å². The molecule has 2 aliphatic rings. The number of hydrogen-bond donors (Lipinski definition) is 0. The Balaban J connectivity index is 1.60. The van der Waals surface area contributed by atoms with Gasteiger partial charge < -0.3 is 9.47 Å². The number of rotatable bonds is 5. The topological polar surface area (TPSA) is 58.9 Å². The Morgan fingerprint density at radius 1 is 0.935 bits per heavy atom. The van der Waals surface area contributed by atoms with Gasteiger partial charge in [-0.25, -0.2) is 4.79 Å². The minimum absolute atomic E-state index is 0.191. The molecule has 0 N–H and O–H groups in total. The Kier molecular flexibility index (Phi) is 4.75. The molecule has 1 atom stereocenters. The lowest BCUT2D eigenvalue weighted by Gasteiger charge is -2.24. The summed E-state index contributed by atoms with van der Waals surface area (Å²) < 4.78 is 13.0. The number of para-hydroxylation sites is 1. The molecule has 0 saturated heterocycles. The standard InChI is InChI=1S/C25H21N2O4/c1-30-19-11-7-10-18(14-19)16-26-22-20-12-5-6-13-21(20)31-23(22)24(28)27(25(26)29)15-17-8-3-2-4-9-17/h2-14,23H,15-16H2,1H3/q+1. The normalized spacial score (nSPS) is 17.3. The van der Waals surface area contributed by atoms with Crippen molar-refractivity contribution in [2.24, 2.45) is 0 Å². The van der Waals surface area contributed by atoms with Crippen molar-refractivity contribution in [1.82, 2.24) is 4.90 Å². The lowest BCUT2D eigenvalue weighted by molar-refractivity contribution is -0.457. The van der Waals surface area contributed by atoms with Gasteiger partial charge in [0.05, 0.1) is 12.7 Å². The number of carbonyl (C=O) groups is 2. The molecule has 3 aromatic carbocycles. The van der Waals surface area contributed by atoms with Gasteiger partial charge in [0.2, 0.25) is 0 Å².